The molecule has 0 heterocycles. The highest BCUT2D eigenvalue weighted by Gasteiger charge is 1.99. The van der Waals surface area contributed by atoms with Crippen molar-refractivity contribution in [1.82, 2.24) is 0 Å². The Morgan fingerprint density at radius 1 is 1.60 bits per heavy atom. The normalized spacial score (nSPS) is 9.70. The van der Waals surface area contributed by atoms with E-state index in [0.29, 0.717) is 11.9 Å². The standard InChI is InChI=1S/C8H10O2/c1-3-4-8(10)7(2)5-6-9/h3-4,6H,2,5H2,1H3. The molecular weight excluding hydrogens is 128 g/mol. The third-order valence-electron chi connectivity index (χ3n) is 0.996. The van der Waals surface area contributed by atoms with Crippen LogP contribution >= 0.6 is 0 Å². The summed E-state index contributed by atoms with van der Waals surface area (Å²) in [7, 11) is 0. The van der Waals surface area contributed by atoms with E-state index < -0.39 is 0 Å². The topological polar surface area (TPSA) is 34.1 Å². The molecule has 0 saturated carbocycles. The number of hydrogen-bond donors (Lipinski definition) is 0. The molecular formula is C8H10O2. The highest BCUT2D eigenvalue weighted by molar-refractivity contribution is 6.04. The van der Waals surface area contributed by atoms with Crippen molar-refractivity contribution < 1.29 is 9.59 Å². The maximum atomic E-state index is 10.8. The fourth-order valence-electron chi connectivity index (χ4n) is 0.470. The minimum absolute atomic E-state index is 0.128. The summed E-state index contributed by atoms with van der Waals surface area (Å²) in [6.45, 7) is 5.17. The zero-order valence-electron chi connectivity index (χ0n) is 5.96. The van der Waals surface area contributed by atoms with Crippen molar-refractivity contribution in [2.24, 2.45) is 0 Å². The first-order valence-corrected chi connectivity index (χ1v) is 3.00. The number of rotatable bonds is 4. The van der Waals surface area contributed by atoms with E-state index in [1.54, 1.807) is 13.0 Å². The van der Waals surface area contributed by atoms with E-state index in [-0.39, 0.29) is 12.2 Å². The van der Waals surface area contributed by atoms with Gasteiger partial charge in [0.25, 0.3) is 0 Å². The van der Waals surface area contributed by atoms with Gasteiger partial charge in [0.1, 0.15) is 6.29 Å². The van der Waals surface area contributed by atoms with Crippen LogP contribution in [0.1, 0.15) is 13.3 Å². The van der Waals surface area contributed by atoms with Crippen LogP contribution in [-0.2, 0) is 9.59 Å². The van der Waals surface area contributed by atoms with Gasteiger partial charge in [-0.3, -0.25) is 4.79 Å². The van der Waals surface area contributed by atoms with Crippen LogP contribution in [0.3, 0.4) is 0 Å². The molecule has 2 heteroatoms. The molecule has 0 radical (unpaired) electrons. The maximum Gasteiger partial charge on any atom is 0.181 e. The smallest absolute Gasteiger partial charge is 0.181 e. The Bertz CT molecular complexity index is 178. The molecule has 10 heavy (non-hydrogen) atoms. The van der Waals surface area contributed by atoms with Crippen LogP contribution in [0.2, 0.25) is 0 Å². The Morgan fingerprint density at radius 2 is 2.20 bits per heavy atom. The number of allylic oxidation sites excluding steroid dienone is 3. The summed E-state index contributed by atoms with van der Waals surface area (Å²) in [5.41, 5.74) is 0.341. The summed E-state index contributed by atoms with van der Waals surface area (Å²) >= 11 is 0. The largest absolute Gasteiger partial charge is 0.303 e. The molecule has 0 aromatic rings. The Kier molecular flexibility index (Phi) is 4.12. The zero-order chi connectivity index (χ0) is 7.98. The molecule has 0 aliphatic rings. The lowest BCUT2D eigenvalue weighted by Gasteiger charge is -1.91. The average molecular weight is 138 g/mol. The third-order valence-corrected chi connectivity index (χ3v) is 0.996. The van der Waals surface area contributed by atoms with Gasteiger partial charge in [-0.2, -0.15) is 0 Å². The van der Waals surface area contributed by atoms with Gasteiger partial charge in [-0.25, -0.2) is 0 Å². The molecule has 2 nitrogen and oxygen atoms in total. The molecule has 0 bridgehead atoms. The molecule has 0 aromatic carbocycles. The first-order valence-electron chi connectivity index (χ1n) is 3.00. The van der Waals surface area contributed by atoms with Gasteiger partial charge in [-0.1, -0.05) is 12.7 Å². The summed E-state index contributed by atoms with van der Waals surface area (Å²) in [5, 5.41) is 0. The van der Waals surface area contributed by atoms with Crippen molar-refractivity contribution in [2.75, 3.05) is 0 Å². The molecule has 0 saturated heterocycles. The minimum Gasteiger partial charge on any atom is -0.303 e. The van der Waals surface area contributed by atoms with Crippen LogP contribution in [0.15, 0.2) is 24.3 Å². The van der Waals surface area contributed by atoms with Crippen molar-refractivity contribution in [1.29, 1.82) is 0 Å². The van der Waals surface area contributed by atoms with Gasteiger partial charge in [0, 0.05) is 6.42 Å². The van der Waals surface area contributed by atoms with E-state index in [1.807, 2.05) is 0 Å². The molecule has 0 atom stereocenters. The van der Waals surface area contributed by atoms with E-state index in [1.165, 1.54) is 6.08 Å². The summed E-state index contributed by atoms with van der Waals surface area (Å²) in [6, 6.07) is 0. The van der Waals surface area contributed by atoms with E-state index in [9.17, 15) is 9.59 Å². The predicted octanol–water partition coefficient (Wildman–Crippen LogP) is 1.28. The fourth-order valence-corrected chi connectivity index (χ4v) is 0.470. The van der Waals surface area contributed by atoms with E-state index in [0.717, 1.165) is 0 Å². The summed E-state index contributed by atoms with van der Waals surface area (Å²) in [4.78, 5) is 20.7. The lowest BCUT2D eigenvalue weighted by molar-refractivity contribution is -0.113. The molecule has 0 aliphatic heterocycles. The van der Waals surface area contributed by atoms with Crippen LogP contribution in [0.5, 0.6) is 0 Å². The molecule has 0 aromatic heterocycles. The van der Waals surface area contributed by atoms with Crippen molar-refractivity contribution >= 4 is 12.1 Å². The second kappa shape index (κ2) is 4.68. The summed E-state index contributed by atoms with van der Waals surface area (Å²) < 4.78 is 0. The van der Waals surface area contributed by atoms with Gasteiger partial charge in [0.05, 0.1) is 0 Å². The molecule has 0 rings (SSSR count). The van der Waals surface area contributed by atoms with Gasteiger partial charge < -0.3 is 4.79 Å². The van der Waals surface area contributed by atoms with Gasteiger partial charge in [-0.15, -0.1) is 0 Å². The Hall–Kier alpha value is -1.18. The first-order chi connectivity index (χ1) is 4.72. The molecule has 0 aliphatic carbocycles. The average Bonchev–Trinajstić information content (AvgIpc) is 1.89. The van der Waals surface area contributed by atoms with Gasteiger partial charge >= 0.3 is 0 Å². The number of ketones is 1. The predicted molar refractivity (Wildman–Crippen MR) is 39.6 cm³/mol. The molecule has 0 N–H and O–H groups in total. The maximum absolute atomic E-state index is 10.8. The second-order valence-electron chi connectivity index (χ2n) is 1.84. The van der Waals surface area contributed by atoms with Crippen LogP contribution in [0.4, 0.5) is 0 Å². The highest BCUT2D eigenvalue weighted by atomic mass is 16.1. The van der Waals surface area contributed by atoms with Crippen molar-refractivity contribution in [3.63, 3.8) is 0 Å². The lowest BCUT2D eigenvalue weighted by Crippen LogP contribution is -1.96. The Morgan fingerprint density at radius 3 is 2.60 bits per heavy atom. The van der Waals surface area contributed by atoms with Crippen molar-refractivity contribution in [2.45, 2.75) is 13.3 Å². The third kappa shape index (κ3) is 2.97. The number of carbonyl (C=O) groups excluding carboxylic acids is 2. The number of hydrogen-bond acceptors (Lipinski definition) is 2. The van der Waals surface area contributed by atoms with Crippen LogP contribution in [-0.4, -0.2) is 12.1 Å². The molecule has 0 spiro atoms. The second-order valence-corrected chi connectivity index (χ2v) is 1.84. The van der Waals surface area contributed by atoms with E-state index >= 15 is 0 Å². The van der Waals surface area contributed by atoms with E-state index in [4.69, 9.17) is 0 Å². The van der Waals surface area contributed by atoms with Crippen LogP contribution in [0, 0.1) is 0 Å². The summed E-state index contributed by atoms with van der Waals surface area (Å²) in [5.74, 6) is -0.172. The van der Waals surface area contributed by atoms with E-state index in [2.05, 4.69) is 6.58 Å². The van der Waals surface area contributed by atoms with Gasteiger partial charge in [-0.05, 0) is 18.6 Å². The lowest BCUT2D eigenvalue weighted by atomic mass is 10.1. The zero-order valence-corrected chi connectivity index (χ0v) is 5.96. The number of carbonyl (C=O) groups is 2. The van der Waals surface area contributed by atoms with Gasteiger partial charge in [0.15, 0.2) is 5.78 Å². The monoisotopic (exact) mass is 138 g/mol. The SMILES string of the molecule is C=C(CC=O)C(=O)C=CC. The van der Waals surface area contributed by atoms with Gasteiger partial charge in [0.2, 0.25) is 0 Å². The molecule has 54 valence electrons. The quantitative estimate of drug-likeness (QED) is 0.433. The Labute approximate surface area is 60.2 Å². The molecule has 0 amide bonds. The first kappa shape index (κ1) is 8.82. The Balaban J connectivity index is 3.95. The van der Waals surface area contributed by atoms with Crippen molar-refractivity contribution in [3.8, 4) is 0 Å². The minimum atomic E-state index is -0.172. The molecule has 0 unspecified atom stereocenters. The highest BCUT2D eigenvalue weighted by Crippen LogP contribution is 1.97. The fraction of sp³-hybridized carbons (Fsp3) is 0.250. The van der Waals surface area contributed by atoms with Crippen LogP contribution < -0.4 is 0 Å². The van der Waals surface area contributed by atoms with Crippen molar-refractivity contribution in [3.05, 3.63) is 24.3 Å². The summed E-state index contributed by atoms with van der Waals surface area (Å²) in [6.07, 6.45) is 3.82. The van der Waals surface area contributed by atoms with Crippen LogP contribution in [0.25, 0.3) is 0 Å². The molecule has 0 fully saturated rings. The number of aldehydes is 1.